The zero-order valence-corrected chi connectivity index (χ0v) is 8.85. The monoisotopic (exact) mass is 222 g/mol. The van der Waals surface area contributed by atoms with E-state index in [-0.39, 0.29) is 24.1 Å². The number of rotatable bonds is 4. The van der Waals surface area contributed by atoms with E-state index in [9.17, 15) is 9.90 Å². The summed E-state index contributed by atoms with van der Waals surface area (Å²) in [6.45, 7) is -0.00363. The van der Waals surface area contributed by atoms with Gasteiger partial charge in [-0.25, -0.2) is 0 Å². The van der Waals surface area contributed by atoms with Gasteiger partial charge in [0.05, 0.1) is 6.26 Å². The molecule has 1 aromatic heterocycles. The predicted octanol–water partition coefficient (Wildman–Crippen LogP) is 1.92. The van der Waals surface area contributed by atoms with E-state index < -0.39 is 0 Å². The van der Waals surface area contributed by atoms with Gasteiger partial charge in [0.1, 0.15) is 5.76 Å². The Morgan fingerprint density at radius 3 is 2.75 bits per heavy atom. The lowest BCUT2D eigenvalue weighted by Crippen LogP contribution is -2.05. The highest BCUT2D eigenvalue weighted by atomic mass is 16.3. The standard InChI is InChI=1S/C12H14O4/c13-6-5-8(11-2-1-7-16-11)9-3-4-10(14)12(9)15/h1-2,7-8,13,15H,3-6H2/t8-/m1/s1. The van der Waals surface area contributed by atoms with Gasteiger partial charge in [0.25, 0.3) is 0 Å². The minimum Gasteiger partial charge on any atom is -0.504 e. The Morgan fingerprint density at radius 2 is 2.25 bits per heavy atom. The fourth-order valence-corrected chi connectivity index (χ4v) is 2.11. The second-order valence-electron chi connectivity index (χ2n) is 3.88. The molecule has 0 unspecified atom stereocenters. The Hall–Kier alpha value is -1.55. The SMILES string of the molecule is O=C1CCC([C@@H](CCO)c2ccco2)=C1O. The predicted molar refractivity (Wildman–Crippen MR) is 57.0 cm³/mol. The summed E-state index contributed by atoms with van der Waals surface area (Å²) in [7, 11) is 0. The zero-order valence-electron chi connectivity index (χ0n) is 8.85. The first kappa shape index (κ1) is 11.0. The molecule has 16 heavy (non-hydrogen) atoms. The number of ketones is 1. The molecule has 2 rings (SSSR count). The molecule has 1 aliphatic rings. The average Bonchev–Trinajstić information content (AvgIpc) is 2.89. The molecule has 4 nitrogen and oxygen atoms in total. The molecule has 0 bridgehead atoms. The van der Waals surface area contributed by atoms with Crippen LogP contribution in [0.5, 0.6) is 0 Å². The van der Waals surface area contributed by atoms with Gasteiger partial charge < -0.3 is 14.6 Å². The molecule has 0 saturated heterocycles. The van der Waals surface area contributed by atoms with E-state index in [0.29, 0.717) is 30.6 Å². The number of hydrogen-bond acceptors (Lipinski definition) is 4. The van der Waals surface area contributed by atoms with Crippen molar-refractivity contribution >= 4 is 5.78 Å². The van der Waals surface area contributed by atoms with Gasteiger partial charge in [-0.2, -0.15) is 0 Å². The molecule has 0 spiro atoms. The Balaban J connectivity index is 2.30. The normalized spacial score (nSPS) is 18.2. The van der Waals surface area contributed by atoms with Gasteiger partial charge >= 0.3 is 0 Å². The summed E-state index contributed by atoms with van der Waals surface area (Å²) in [5, 5.41) is 18.7. The third kappa shape index (κ3) is 1.88. The van der Waals surface area contributed by atoms with Crippen molar-refractivity contribution in [1.82, 2.24) is 0 Å². The van der Waals surface area contributed by atoms with Gasteiger partial charge in [0, 0.05) is 18.9 Å². The molecule has 0 fully saturated rings. The van der Waals surface area contributed by atoms with Crippen molar-refractivity contribution in [1.29, 1.82) is 0 Å². The molecule has 0 amide bonds. The first-order valence-electron chi connectivity index (χ1n) is 5.33. The Kier molecular flexibility index (Phi) is 3.10. The molecular weight excluding hydrogens is 208 g/mol. The summed E-state index contributed by atoms with van der Waals surface area (Å²) in [6.07, 6.45) is 2.91. The van der Waals surface area contributed by atoms with Gasteiger partial charge in [-0.05, 0) is 30.5 Å². The van der Waals surface area contributed by atoms with Crippen molar-refractivity contribution in [2.24, 2.45) is 0 Å². The fourth-order valence-electron chi connectivity index (χ4n) is 2.11. The second-order valence-corrected chi connectivity index (χ2v) is 3.88. The maximum Gasteiger partial charge on any atom is 0.197 e. The van der Waals surface area contributed by atoms with Crippen molar-refractivity contribution in [2.75, 3.05) is 6.61 Å². The Bertz CT molecular complexity index is 403. The van der Waals surface area contributed by atoms with Crippen LogP contribution in [0, 0.1) is 0 Å². The number of aliphatic hydroxyl groups excluding tert-OH is 2. The number of furan rings is 1. The third-order valence-electron chi connectivity index (χ3n) is 2.91. The van der Waals surface area contributed by atoms with Gasteiger partial charge in [-0.1, -0.05) is 0 Å². The zero-order chi connectivity index (χ0) is 11.5. The van der Waals surface area contributed by atoms with E-state index in [1.54, 1.807) is 18.4 Å². The quantitative estimate of drug-likeness (QED) is 0.816. The summed E-state index contributed by atoms with van der Waals surface area (Å²) >= 11 is 0. The third-order valence-corrected chi connectivity index (χ3v) is 2.91. The van der Waals surface area contributed by atoms with Crippen molar-refractivity contribution in [3.8, 4) is 0 Å². The summed E-state index contributed by atoms with van der Waals surface area (Å²) in [5.41, 5.74) is 0.689. The topological polar surface area (TPSA) is 70.7 Å². The molecule has 1 heterocycles. The second kappa shape index (κ2) is 4.53. The van der Waals surface area contributed by atoms with Crippen LogP contribution in [-0.2, 0) is 4.79 Å². The lowest BCUT2D eigenvalue weighted by Gasteiger charge is -2.14. The molecule has 0 saturated carbocycles. The number of aliphatic hydroxyl groups is 2. The molecular formula is C12H14O4. The number of carbonyl (C=O) groups excluding carboxylic acids is 1. The van der Waals surface area contributed by atoms with Gasteiger partial charge in [0.15, 0.2) is 11.5 Å². The number of Topliss-reactive ketones (excluding diaryl/α,β-unsaturated/α-hetero) is 1. The Morgan fingerprint density at radius 1 is 1.44 bits per heavy atom. The minimum absolute atomic E-state index is 0.00363. The molecule has 1 atom stereocenters. The number of hydrogen-bond donors (Lipinski definition) is 2. The van der Waals surface area contributed by atoms with E-state index in [0.717, 1.165) is 0 Å². The molecule has 2 N–H and O–H groups in total. The van der Waals surface area contributed by atoms with E-state index in [1.807, 2.05) is 0 Å². The first-order chi connectivity index (χ1) is 7.74. The maximum absolute atomic E-state index is 11.3. The van der Waals surface area contributed by atoms with Crippen molar-refractivity contribution in [2.45, 2.75) is 25.2 Å². The molecule has 1 aliphatic carbocycles. The van der Waals surface area contributed by atoms with Crippen molar-refractivity contribution < 1.29 is 19.4 Å². The van der Waals surface area contributed by atoms with Gasteiger partial charge in [-0.3, -0.25) is 4.79 Å². The van der Waals surface area contributed by atoms with Crippen LogP contribution in [0.25, 0.3) is 0 Å². The van der Waals surface area contributed by atoms with E-state index in [2.05, 4.69) is 0 Å². The summed E-state index contributed by atoms with van der Waals surface area (Å²) < 4.78 is 5.28. The molecule has 0 aliphatic heterocycles. The van der Waals surface area contributed by atoms with E-state index in [4.69, 9.17) is 9.52 Å². The number of allylic oxidation sites excluding steroid dienone is 2. The van der Waals surface area contributed by atoms with Crippen LogP contribution in [0.3, 0.4) is 0 Å². The average molecular weight is 222 g/mol. The highest BCUT2D eigenvalue weighted by Gasteiger charge is 2.30. The lowest BCUT2D eigenvalue weighted by atomic mass is 9.92. The maximum atomic E-state index is 11.3. The molecule has 0 aromatic carbocycles. The van der Waals surface area contributed by atoms with E-state index >= 15 is 0 Å². The largest absolute Gasteiger partial charge is 0.504 e. The van der Waals surface area contributed by atoms with Gasteiger partial charge in [-0.15, -0.1) is 0 Å². The smallest absolute Gasteiger partial charge is 0.197 e. The highest BCUT2D eigenvalue weighted by molar-refractivity contribution is 5.96. The van der Waals surface area contributed by atoms with Crippen molar-refractivity contribution in [3.63, 3.8) is 0 Å². The molecule has 86 valence electrons. The molecule has 1 aromatic rings. The van der Waals surface area contributed by atoms with E-state index in [1.165, 1.54) is 0 Å². The van der Waals surface area contributed by atoms with Crippen LogP contribution in [-0.4, -0.2) is 22.6 Å². The van der Waals surface area contributed by atoms with Crippen LogP contribution < -0.4 is 0 Å². The Labute approximate surface area is 93.2 Å². The summed E-state index contributed by atoms with van der Waals surface area (Å²) in [6, 6.07) is 3.55. The van der Waals surface area contributed by atoms with Gasteiger partial charge in [0.2, 0.25) is 0 Å². The van der Waals surface area contributed by atoms with Crippen LogP contribution in [0.4, 0.5) is 0 Å². The lowest BCUT2D eigenvalue weighted by molar-refractivity contribution is -0.117. The highest BCUT2D eigenvalue weighted by Crippen LogP contribution is 2.36. The van der Waals surface area contributed by atoms with Crippen LogP contribution in [0.2, 0.25) is 0 Å². The summed E-state index contributed by atoms with van der Waals surface area (Å²) in [4.78, 5) is 11.3. The summed E-state index contributed by atoms with van der Waals surface area (Å²) in [5.74, 6) is 0.135. The molecule has 4 heteroatoms. The fraction of sp³-hybridized carbons (Fsp3) is 0.417. The van der Waals surface area contributed by atoms with Crippen LogP contribution >= 0.6 is 0 Å². The number of carbonyl (C=O) groups is 1. The first-order valence-corrected chi connectivity index (χ1v) is 5.33. The van der Waals surface area contributed by atoms with Crippen LogP contribution in [0.15, 0.2) is 34.1 Å². The van der Waals surface area contributed by atoms with Crippen LogP contribution in [0.1, 0.15) is 30.9 Å². The molecule has 0 radical (unpaired) electrons. The van der Waals surface area contributed by atoms with Crippen molar-refractivity contribution in [3.05, 3.63) is 35.5 Å². The minimum atomic E-state index is -0.218.